The average molecular weight is 580 g/mol. The second-order valence-corrected chi connectivity index (χ2v) is 11.3. The molecular weight excluding hydrogens is 538 g/mol. The monoisotopic (exact) mass is 579 g/mol. The third-order valence-corrected chi connectivity index (χ3v) is 8.69. The van der Waals surface area contributed by atoms with E-state index in [9.17, 15) is 19.5 Å². The van der Waals surface area contributed by atoms with Crippen molar-refractivity contribution in [3.63, 3.8) is 0 Å². The molecule has 3 aliphatic heterocycles. The zero-order valence-corrected chi connectivity index (χ0v) is 24.4. The zero-order chi connectivity index (χ0) is 29.8. The number of hydrogen-bond donors (Lipinski definition) is 2. The Balaban J connectivity index is 1.43. The van der Waals surface area contributed by atoms with Crippen LogP contribution in [0.2, 0.25) is 0 Å². The number of amides is 3. The number of rotatable bonds is 12. The summed E-state index contributed by atoms with van der Waals surface area (Å²) in [5.74, 6) is -0.903. The van der Waals surface area contributed by atoms with E-state index in [1.54, 1.807) is 21.7 Å². The Morgan fingerprint density at radius 1 is 1.12 bits per heavy atom. The summed E-state index contributed by atoms with van der Waals surface area (Å²) >= 11 is 0. The minimum absolute atomic E-state index is 0.0552. The normalized spacial score (nSPS) is 21.8. The number of carbonyl (C=O) groups is 3. The van der Waals surface area contributed by atoms with Gasteiger partial charge in [-0.1, -0.05) is 31.5 Å². The van der Waals surface area contributed by atoms with Gasteiger partial charge in [0.1, 0.15) is 0 Å². The number of carbonyl (C=O) groups excluding carboxylic acids is 2. The predicted molar refractivity (Wildman–Crippen MR) is 158 cm³/mol. The SMILES string of the molecule is CCCCN(C(=O)CN1C[C@H](c2ccc3c(c2)OCO3)[C@@H](C(=O)O)[C@@H]1CCN1CCN(C)C1=O)c1cccc(CN)c1. The molecule has 11 heteroatoms. The number of carboxylic acids is 1. The molecule has 2 aromatic rings. The lowest BCUT2D eigenvalue weighted by molar-refractivity contribution is -0.143. The molecule has 2 fully saturated rings. The van der Waals surface area contributed by atoms with Gasteiger partial charge in [0.2, 0.25) is 12.7 Å². The first-order chi connectivity index (χ1) is 20.3. The Bertz CT molecular complexity index is 1300. The van der Waals surface area contributed by atoms with E-state index < -0.39 is 17.9 Å². The summed E-state index contributed by atoms with van der Waals surface area (Å²) in [5.41, 5.74) is 8.45. The van der Waals surface area contributed by atoms with E-state index in [1.807, 2.05) is 47.4 Å². The van der Waals surface area contributed by atoms with E-state index in [4.69, 9.17) is 15.2 Å². The van der Waals surface area contributed by atoms with Crippen LogP contribution in [0.1, 0.15) is 43.2 Å². The van der Waals surface area contributed by atoms with Gasteiger partial charge in [-0.25, -0.2) is 4.79 Å². The first-order valence-corrected chi connectivity index (χ1v) is 14.8. The first-order valence-electron chi connectivity index (χ1n) is 14.8. The predicted octanol–water partition coefficient (Wildman–Crippen LogP) is 2.93. The number of ether oxygens (including phenoxy) is 2. The van der Waals surface area contributed by atoms with Gasteiger partial charge in [0.15, 0.2) is 11.5 Å². The Morgan fingerprint density at radius 3 is 2.64 bits per heavy atom. The van der Waals surface area contributed by atoms with Crippen molar-refractivity contribution in [2.75, 3.05) is 58.0 Å². The standard InChI is InChI=1S/C31H41N5O6/c1-3-4-11-36(23-7-5-6-21(15-23)17-32)28(37)19-35-18-24(22-8-9-26-27(16-22)42-20-41-26)29(30(38)39)25(35)10-12-34-14-13-33(2)31(34)40/h5-9,15-16,24-25,29H,3-4,10-14,17-20,32H2,1-2H3,(H,38,39)/t24-,25+,29-/m1/s1. The van der Waals surface area contributed by atoms with Crippen LogP contribution < -0.4 is 20.1 Å². The van der Waals surface area contributed by atoms with Crippen LogP contribution in [0, 0.1) is 5.92 Å². The molecule has 11 nitrogen and oxygen atoms in total. The van der Waals surface area contributed by atoms with Gasteiger partial charge in [0, 0.05) is 64.0 Å². The molecule has 0 spiro atoms. The lowest BCUT2D eigenvalue weighted by Gasteiger charge is -2.31. The van der Waals surface area contributed by atoms with Gasteiger partial charge in [-0.2, -0.15) is 0 Å². The summed E-state index contributed by atoms with van der Waals surface area (Å²) in [5, 5.41) is 10.5. The van der Waals surface area contributed by atoms with Gasteiger partial charge < -0.3 is 35.0 Å². The molecule has 3 N–H and O–H groups in total. The van der Waals surface area contributed by atoms with Crippen LogP contribution in [0.25, 0.3) is 0 Å². The lowest BCUT2D eigenvalue weighted by atomic mass is 9.84. The fraction of sp³-hybridized carbons (Fsp3) is 0.516. The van der Waals surface area contributed by atoms with Gasteiger partial charge in [0.25, 0.3) is 0 Å². The van der Waals surface area contributed by atoms with Crippen LogP contribution >= 0.6 is 0 Å². The number of nitrogens with two attached hydrogens (primary N) is 1. The quantitative estimate of drug-likeness (QED) is 0.393. The van der Waals surface area contributed by atoms with Crippen molar-refractivity contribution in [1.82, 2.24) is 14.7 Å². The number of carboxylic acid groups (broad SMARTS) is 1. The number of fused-ring (bicyclic) bond motifs is 1. The van der Waals surface area contributed by atoms with E-state index in [-0.39, 0.29) is 31.2 Å². The summed E-state index contributed by atoms with van der Waals surface area (Å²) in [4.78, 5) is 46.7. The number of hydrogen-bond acceptors (Lipinski definition) is 7. The summed E-state index contributed by atoms with van der Waals surface area (Å²) in [6, 6.07) is 12.8. The highest BCUT2D eigenvalue weighted by Crippen LogP contribution is 2.43. The van der Waals surface area contributed by atoms with Gasteiger partial charge in [-0.3, -0.25) is 14.5 Å². The molecule has 0 aromatic heterocycles. The molecule has 0 aliphatic carbocycles. The van der Waals surface area contributed by atoms with Gasteiger partial charge in [0.05, 0.1) is 12.5 Å². The summed E-state index contributed by atoms with van der Waals surface area (Å²) in [7, 11) is 1.77. The molecule has 3 aliphatic rings. The number of likely N-dealkylation sites (N-methyl/N-ethyl adjacent to an activating group) is 1. The summed E-state index contributed by atoms with van der Waals surface area (Å²) in [6.45, 7) is 5.28. The zero-order valence-electron chi connectivity index (χ0n) is 24.4. The molecule has 5 rings (SSSR count). The highest BCUT2D eigenvalue weighted by atomic mass is 16.7. The Kier molecular flexibility index (Phi) is 9.18. The molecule has 2 saturated heterocycles. The van der Waals surface area contributed by atoms with Gasteiger partial charge in [-0.05, 0) is 48.2 Å². The number of aliphatic carboxylic acids is 1. The van der Waals surface area contributed by atoms with E-state index in [1.165, 1.54) is 0 Å². The summed E-state index contributed by atoms with van der Waals surface area (Å²) < 4.78 is 11.1. The number of benzene rings is 2. The summed E-state index contributed by atoms with van der Waals surface area (Å²) in [6.07, 6.45) is 2.21. The molecule has 3 atom stereocenters. The number of likely N-dealkylation sites (tertiary alicyclic amines) is 1. The number of nitrogens with zero attached hydrogens (tertiary/aromatic N) is 4. The second kappa shape index (κ2) is 13.0. The Hall–Kier alpha value is -3.83. The number of urea groups is 1. The third-order valence-electron chi connectivity index (χ3n) is 8.69. The molecule has 42 heavy (non-hydrogen) atoms. The highest BCUT2D eigenvalue weighted by molar-refractivity contribution is 5.95. The minimum atomic E-state index is -0.916. The molecule has 2 aromatic carbocycles. The van der Waals surface area contributed by atoms with E-state index in [0.717, 1.165) is 29.7 Å². The highest BCUT2D eigenvalue weighted by Gasteiger charge is 2.47. The van der Waals surface area contributed by atoms with Crippen LogP contribution in [-0.4, -0.2) is 96.9 Å². The first kappa shape index (κ1) is 29.7. The van der Waals surface area contributed by atoms with Crippen molar-refractivity contribution >= 4 is 23.6 Å². The van der Waals surface area contributed by atoms with Crippen molar-refractivity contribution in [3.8, 4) is 11.5 Å². The van der Waals surface area contributed by atoms with Crippen LogP contribution in [0.5, 0.6) is 11.5 Å². The Labute approximate surface area is 246 Å². The molecule has 0 saturated carbocycles. The molecular formula is C31H41N5O6. The van der Waals surface area contributed by atoms with Crippen LogP contribution in [-0.2, 0) is 16.1 Å². The fourth-order valence-electron chi connectivity index (χ4n) is 6.36. The molecule has 0 radical (unpaired) electrons. The Morgan fingerprint density at radius 2 is 1.93 bits per heavy atom. The average Bonchev–Trinajstić information content (AvgIpc) is 3.69. The third kappa shape index (κ3) is 6.17. The van der Waals surface area contributed by atoms with Crippen molar-refractivity contribution in [2.24, 2.45) is 11.7 Å². The maximum atomic E-state index is 14.0. The molecule has 226 valence electrons. The molecule has 0 bridgehead atoms. The van der Waals surface area contributed by atoms with Crippen molar-refractivity contribution in [2.45, 2.75) is 44.7 Å². The van der Waals surface area contributed by atoms with Crippen molar-refractivity contribution in [1.29, 1.82) is 0 Å². The van der Waals surface area contributed by atoms with Crippen LogP contribution in [0.15, 0.2) is 42.5 Å². The lowest BCUT2D eigenvalue weighted by Crippen LogP contribution is -2.46. The van der Waals surface area contributed by atoms with Gasteiger partial charge in [-0.15, -0.1) is 0 Å². The number of anilines is 1. The van der Waals surface area contributed by atoms with E-state index >= 15 is 0 Å². The molecule has 3 heterocycles. The molecule has 3 amide bonds. The number of unbranched alkanes of at least 4 members (excludes halogenated alkanes) is 1. The van der Waals surface area contributed by atoms with Crippen LogP contribution in [0.3, 0.4) is 0 Å². The smallest absolute Gasteiger partial charge is 0.319 e. The second-order valence-electron chi connectivity index (χ2n) is 11.3. The minimum Gasteiger partial charge on any atom is -0.481 e. The fourth-order valence-corrected chi connectivity index (χ4v) is 6.36. The van der Waals surface area contributed by atoms with Crippen molar-refractivity contribution in [3.05, 3.63) is 53.6 Å². The van der Waals surface area contributed by atoms with Crippen molar-refractivity contribution < 1.29 is 29.0 Å². The maximum Gasteiger partial charge on any atom is 0.319 e. The van der Waals surface area contributed by atoms with Crippen LogP contribution in [0.4, 0.5) is 10.5 Å². The molecule has 0 unspecified atom stereocenters. The van der Waals surface area contributed by atoms with E-state index in [2.05, 4.69) is 6.92 Å². The largest absolute Gasteiger partial charge is 0.481 e. The topological polar surface area (TPSA) is 129 Å². The maximum absolute atomic E-state index is 14.0. The van der Waals surface area contributed by atoms with Gasteiger partial charge >= 0.3 is 12.0 Å². The van der Waals surface area contributed by atoms with E-state index in [0.29, 0.717) is 57.2 Å².